The zero-order chi connectivity index (χ0) is 15.4. The molecule has 1 N–H and O–H groups in total. The molecule has 0 heterocycles. The van der Waals surface area contributed by atoms with E-state index in [-0.39, 0.29) is 5.69 Å². The predicted molar refractivity (Wildman–Crippen MR) is 82.5 cm³/mol. The number of nitrogens with zero attached hydrogens (tertiary/aromatic N) is 1. The van der Waals surface area contributed by atoms with Crippen LogP contribution in [0.5, 0.6) is 5.75 Å². The molecule has 116 valence electrons. The molecule has 5 heteroatoms. The number of nitro groups is 1. The van der Waals surface area contributed by atoms with Gasteiger partial charge in [0.05, 0.1) is 12.0 Å². The van der Waals surface area contributed by atoms with E-state index in [0.717, 1.165) is 17.4 Å². The highest BCUT2D eigenvalue weighted by Crippen LogP contribution is 2.30. The predicted octanol–water partition coefficient (Wildman–Crippen LogP) is 3.52. The Morgan fingerprint density at radius 2 is 2.10 bits per heavy atom. The lowest BCUT2D eigenvalue weighted by Gasteiger charge is -2.32. The summed E-state index contributed by atoms with van der Waals surface area (Å²) in [6.45, 7) is 5.28. The molecule has 1 aliphatic rings. The van der Waals surface area contributed by atoms with Gasteiger partial charge in [0.1, 0.15) is 0 Å². The fraction of sp³-hybridized carbons (Fsp3) is 0.625. The van der Waals surface area contributed by atoms with Crippen molar-refractivity contribution in [2.45, 2.75) is 45.7 Å². The monoisotopic (exact) mass is 292 g/mol. The van der Waals surface area contributed by atoms with E-state index >= 15 is 0 Å². The molecule has 0 aliphatic heterocycles. The van der Waals surface area contributed by atoms with Crippen LogP contribution in [0.4, 0.5) is 5.69 Å². The lowest BCUT2D eigenvalue weighted by Crippen LogP contribution is -2.35. The zero-order valence-corrected chi connectivity index (χ0v) is 13.0. The Bertz CT molecular complexity index is 504. The van der Waals surface area contributed by atoms with Crippen LogP contribution in [0.1, 0.15) is 38.7 Å². The number of hydrogen-bond acceptors (Lipinski definition) is 4. The van der Waals surface area contributed by atoms with Crippen LogP contribution in [-0.2, 0) is 6.54 Å². The molecular weight excluding hydrogens is 268 g/mol. The minimum absolute atomic E-state index is 0.0300. The van der Waals surface area contributed by atoms with Crippen molar-refractivity contribution in [1.82, 2.24) is 5.32 Å². The zero-order valence-electron chi connectivity index (χ0n) is 13.0. The second-order valence-corrected chi connectivity index (χ2v) is 6.11. The number of methoxy groups -OCH3 is 1. The molecule has 1 saturated carbocycles. The molecule has 1 aromatic rings. The molecule has 0 saturated heterocycles. The van der Waals surface area contributed by atoms with Gasteiger partial charge in [-0.15, -0.1) is 0 Å². The first-order valence-corrected chi connectivity index (χ1v) is 7.56. The largest absolute Gasteiger partial charge is 0.490 e. The topological polar surface area (TPSA) is 64.4 Å². The Kier molecular flexibility index (Phi) is 5.17. The highest BCUT2D eigenvalue weighted by molar-refractivity contribution is 5.48. The fourth-order valence-corrected chi connectivity index (χ4v) is 2.98. The summed E-state index contributed by atoms with van der Waals surface area (Å²) in [6, 6.07) is 5.66. The van der Waals surface area contributed by atoms with Crippen LogP contribution in [0.2, 0.25) is 0 Å². The molecule has 0 radical (unpaired) electrons. The van der Waals surface area contributed by atoms with Gasteiger partial charge >= 0.3 is 5.69 Å². The molecule has 0 amide bonds. The van der Waals surface area contributed by atoms with Gasteiger partial charge in [-0.1, -0.05) is 19.9 Å². The molecule has 0 aromatic heterocycles. The molecular formula is C16H24N2O3. The van der Waals surface area contributed by atoms with Crippen LogP contribution in [0.3, 0.4) is 0 Å². The average Bonchev–Trinajstić information content (AvgIpc) is 2.48. The van der Waals surface area contributed by atoms with E-state index in [9.17, 15) is 10.1 Å². The van der Waals surface area contributed by atoms with Crippen molar-refractivity contribution >= 4 is 5.69 Å². The second-order valence-electron chi connectivity index (χ2n) is 6.11. The first kappa shape index (κ1) is 15.8. The summed E-state index contributed by atoms with van der Waals surface area (Å²) in [5.41, 5.74) is 0.955. The first-order valence-electron chi connectivity index (χ1n) is 7.56. The summed E-state index contributed by atoms with van der Waals surface area (Å²) in [4.78, 5) is 10.6. The van der Waals surface area contributed by atoms with E-state index in [4.69, 9.17) is 4.74 Å². The third-order valence-corrected chi connectivity index (χ3v) is 4.63. The van der Waals surface area contributed by atoms with Crippen molar-refractivity contribution in [2.75, 3.05) is 7.11 Å². The average molecular weight is 292 g/mol. The summed E-state index contributed by atoms with van der Waals surface area (Å²) < 4.78 is 5.02. The van der Waals surface area contributed by atoms with E-state index in [0.29, 0.717) is 18.3 Å². The summed E-state index contributed by atoms with van der Waals surface area (Å²) in [6.07, 6.45) is 3.62. The third-order valence-electron chi connectivity index (χ3n) is 4.63. The maximum Gasteiger partial charge on any atom is 0.311 e. The first-order chi connectivity index (χ1) is 10.0. The number of nitrogens with one attached hydrogen (secondary N) is 1. The molecule has 2 rings (SSSR count). The molecule has 0 spiro atoms. The Morgan fingerprint density at radius 3 is 2.71 bits per heavy atom. The third kappa shape index (κ3) is 3.94. The smallest absolute Gasteiger partial charge is 0.311 e. The summed E-state index contributed by atoms with van der Waals surface area (Å²) >= 11 is 0. The van der Waals surface area contributed by atoms with Gasteiger partial charge in [-0.2, -0.15) is 0 Å². The highest BCUT2D eigenvalue weighted by atomic mass is 16.6. The number of rotatable bonds is 5. The quantitative estimate of drug-likeness (QED) is 0.666. The van der Waals surface area contributed by atoms with Gasteiger partial charge < -0.3 is 10.1 Å². The molecule has 3 unspecified atom stereocenters. The minimum Gasteiger partial charge on any atom is -0.490 e. The van der Waals surface area contributed by atoms with E-state index in [2.05, 4.69) is 19.2 Å². The van der Waals surface area contributed by atoms with Crippen molar-refractivity contribution in [3.63, 3.8) is 0 Å². The summed E-state index contributed by atoms with van der Waals surface area (Å²) in [5.74, 6) is 1.84. The Morgan fingerprint density at radius 1 is 1.33 bits per heavy atom. The van der Waals surface area contributed by atoms with E-state index < -0.39 is 4.92 Å². The van der Waals surface area contributed by atoms with Crippen molar-refractivity contribution in [3.8, 4) is 5.75 Å². The van der Waals surface area contributed by atoms with Gasteiger partial charge in [-0.05, 0) is 42.7 Å². The van der Waals surface area contributed by atoms with E-state index in [1.807, 2.05) is 6.07 Å². The van der Waals surface area contributed by atoms with Crippen molar-refractivity contribution in [3.05, 3.63) is 33.9 Å². The van der Waals surface area contributed by atoms with Crippen LogP contribution in [0.25, 0.3) is 0 Å². The SMILES string of the molecule is COc1ccc(CNC2CCC(C)C(C)C2)cc1[N+](=O)[O-]. The molecule has 1 aliphatic carbocycles. The molecule has 21 heavy (non-hydrogen) atoms. The minimum atomic E-state index is -0.396. The van der Waals surface area contributed by atoms with Gasteiger partial charge in [0.25, 0.3) is 0 Å². The standard InChI is InChI=1S/C16H24N2O3/c1-11-4-6-14(8-12(11)2)17-10-13-5-7-16(21-3)15(9-13)18(19)20/h5,7,9,11-12,14,17H,4,6,8,10H2,1-3H3. The second kappa shape index (κ2) is 6.89. The molecule has 1 fully saturated rings. The number of nitro benzene ring substituents is 1. The number of hydrogen-bond donors (Lipinski definition) is 1. The highest BCUT2D eigenvalue weighted by Gasteiger charge is 2.24. The molecule has 3 atom stereocenters. The Balaban J connectivity index is 1.97. The van der Waals surface area contributed by atoms with Crippen LogP contribution >= 0.6 is 0 Å². The van der Waals surface area contributed by atoms with Crippen molar-refractivity contribution in [1.29, 1.82) is 0 Å². The summed E-state index contributed by atoms with van der Waals surface area (Å²) in [7, 11) is 1.45. The van der Waals surface area contributed by atoms with Crippen LogP contribution in [0, 0.1) is 22.0 Å². The molecule has 5 nitrogen and oxygen atoms in total. The Hall–Kier alpha value is -1.62. The van der Waals surface area contributed by atoms with E-state index in [1.165, 1.54) is 26.4 Å². The van der Waals surface area contributed by atoms with Crippen molar-refractivity contribution in [2.24, 2.45) is 11.8 Å². The lowest BCUT2D eigenvalue weighted by molar-refractivity contribution is -0.385. The van der Waals surface area contributed by atoms with Gasteiger partial charge in [0, 0.05) is 18.7 Å². The van der Waals surface area contributed by atoms with Crippen LogP contribution in [-0.4, -0.2) is 18.1 Å². The maximum absolute atomic E-state index is 11.0. The summed E-state index contributed by atoms with van der Waals surface area (Å²) in [5, 5.41) is 14.6. The molecule has 0 bridgehead atoms. The van der Waals surface area contributed by atoms with Crippen LogP contribution < -0.4 is 10.1 Å². The Labute approximate surface area is 125 Å². The number of ether oxygens (including phenoxy) is 1. The van der Waals surface area contributed by atoms with E-state index in [1.54, 1.807) is 12.1 Å². The van der Waals surface area contributed by atoms with Crippen LogP contribution in [0.15, 0.2) is 18.2 Å². The normalized spacial score (nSPS) is 25.6. The van der Waals surface area contributed by atoms with Gasteiger partial charge in [-0.25, -0.2) is 0 Å². The maximum atomic E-state index is 11.0. The number of benzene rings is 1. The lowest BCUT2D eigenvalue weighted by atomic mass is 9.79. The van der Waals surface area contributed by atoms with Crippen molar-refractivity contribution < 1.29 is 9.66 Å². The van der Waals surface area contributed by atoms with Gasteiger partial charge in [0.2, 0.25) is 0 Å². The fourth-order valence-electron chi connectivity index (χ4n) is 2.98. The van der Waals surface area contributed by atoms with Gasteiger partial charge in [0.15, 0.2) is 5.75 Å². The molecule has 1 aromatic carbocycles. The van der Waals surface area contributed by atoms with Gasteiger partial charge in [-0.3, -0.25) is 10.1 Å².